The van der Waals surface area contributed by atoms with Crippen LogP contribution in [0.25, 0.3) is 0 Å². The predicted molar refractivity (Wildman–Crippen MR) is 141 cm³/mol. The number of anilines is 1. The van der Waals surface area contributed by atoms with Gasteiger partial charge in [-0.3, -0.25) is 4.79 Å². The van der Waals surface area contributed by atoms with Crippen molar-refractivity contribution in [3.05, 3.63) is 76.5 Å². The number of aryl methyl sites for hydroxylation is 2. The molecule has 4 rings (SSSR count). The number of hydrogen-bond donors (Lipinski definition) is 2. The predicted octanol–water partition coefficient (Wildman–Crippen LogP) is 6.25. The summed E-state index contributed by atoms with van der Waals surface area (Å²) < 4.78 is 7.32. The van der Waals surface area contributed by atoms with Crippen LogP contribution in [0, 0.1) is 13.8 Å². The summed E-state index contributed by atoms with van der Waals surface area (Å²) in [7, 11) is 1.67. The number of hydrogen-bond acceptors (Lipinski definition) is 4. The first kappa shape index (κ1) is 24.8. The second kappa shape index (κ2) is 9.40. The topological polar surface area (TPSA) is 68.2 Å². The number of ether oxygens (including phenoxy) is 1. The van der Waals surface area contributed by atoms with Crippen molar-refractivity contribution in [2.24, 2.45) is 0 Å². The van der Waals surface area contributed by atoms with E-state index in [1.807, 2.05) is 23.7 Å². The van der Waals surface area contributed by atoms with E-state index < -0.39 is 5.54 Å². The number of fused-ring (bicyclic) bond motifs is 1. The summed E-state index contributed by atoms with van der Waals surface area (Å²) in [6, 6.07) is 16.7. The van der Waals surface area contributed by atoms with E-state index in [2.05, 4.69) is 81.7 Å². The second-order valence-corrected chi connectivity index (χ2v) is 10.3. The molecule has 0 aliphatic carbocycles. The maximum atomic E-state index is 13.9. The summed E-state index contributed by atoms with van der Waals surface area (Å²) in [5, 5.41) is 11.9. The molecule has 1 amide bonds. The Morgan fingerprint density at radius 3 is 2.31 bits per heavy atom. The smallest absolute Gasteiger partial charge is 0.257 e. The SMILES string of the molecule is CCC(CC)(NC(=O)c1c(C)nn2c1NC(c1ccc(OC)cc1)CC2(C)C)c1ccc(C)cc1. The zero-order valence-corrected chi connectivity index (χ0v) is 22.0. The molecule has 2 heterocycles. The van der Waals surface area contributed by atoms with Crippen LogP contribution in [0.2, 0.25) is 0 Å². The maximum absolute atomic E-state index is 13.9. The lowest BCUT2D eigenvalue weighted by Crippen LogP contribution is -2.45. The van der Waals surface area contributed by atoms with Crippen molar-refractivity contribution < 1.29 is 9.53 Å². The van der Waals surface area contributed by atoms with Crippen LogP contribution < -0.4 is 15.4 Å². The maximum Gasteiger partial charge on any atom is 0.257 e. The Kier molecular flexibility index (Phi) is 6.67. The van der Waals surface area contributed by atoms with Gasteiger partial charge in [0.1, 0.15) is 17.1 Å². The van der Waals surface area contributed by atoms with Crippen LogP contribution in [0.15, 0.2) is 48.5 Å². The Hall–Kier alpha value is -3.28. The fourth-order valence-electron chi connectivity index (χ4n) is 5.27. The molecular weight excluding hydrogens is 436 g/mol. The van der Waals surface area contributed by atoms with Gasteiger partial charge in [-0.25, -0.2) is 4.68 Å². The zero-order chi connectivity index (χ0) is 25.4. The summed E-state index contributed by atoms with van der Waals surface area (Å²) in [4.78, 5) is 13.9. The van der Waals surface area contributed by atoms with Crippen LogP contribution in [0.3, 0.4) is 0 Å². The van der Waals surface area contributed by atoms with Gasteiger partial charge in [0.25, 0.3) is 5.91 Å². The molecule has 3 aromatic rings. The molecule has 1 unspecified atom stereocenters. The third kappa shape index (κ3) is 4.54. The summed E-state index contributed by atoms with van der Waals surface area (Å²) in [5.74, 6) is 1.52. The Bertz CT molecular complexity index is 1190. The number of nitrogens with zero attached hydrogens (tertiary/aromatic N) is 2. The van der Waals surface area contributed by atoms with Gasteiger partial charge in [0.2, 0.25) is 0 Å². The normalized spacial score (nSPS) is 16.8. The zero-order valence-electron chi connectivity index (χ0n) is 22.0. The third-order valence-corrected chi connectivity index (χ3v) is 7.56. The minimum absolute atomic E-state index is 0.0604. The molecular formula is C29H38N4O2. The molecule has 0 radical (unpaired) electrons. The number of aromatic nitrogens is 2. The van der Waals surface area contributed by atoms with Crippen molar-refractivity contribution in [3.8, 4) is 5.75 Å². The van der Waals surface area contributed by atoms with Gasteiger partial charge in [0.15, 0.2) is 0 Å². The van der Waals surface area contributed by atoms with Crippen molar-refractivity contribution in [1.29, 1.82) is 0 Å². The van der Waals surface area contributed by atoms with Gasteiger partial charge >= 0.3 is 0 Å². The van der Waals surface area contributed by atoms with E-state index in [4.69, 9.17) is 9.84 Å². The van der Waals surface area contributed by atoms with Crippen molar-refractivity contribution in [2.75, 3.05) is 12.4 Å². The minimum atomic E-state index is -0.439. The monoisotopic (exact) mass is 474 g/mol. The molecule has 1 atom stereocenters. The van der Waals surface area contributed by atoms with Gasteiger partial charge in [0, 0.05) is 0 Å². The fraction of sp³-hybridized carbons (Fsp3) is 0.448. The number of nitrogens with one attached hydrogen (secondary N) is 2. The molecule has 0 saturated carbocycles. The Morgan fingerprint density at radius 2 is 1.74 bits per heavy atom. The lowest BCUT2D eigenvalue weighted by Gasteiger charge is -2.38. The van der Waals surface area contributed by atoms with Crippen molar-refractivity contribution in [1.82, 2.24) is 15.1 Å². The van der Waals surface area contributed by atoms with E-state index >= 15 is 0 Å². The summed E-state index contributed by atoms with van der Waals surface area (Å²) in [5.41, 5.74) is 4.16. The van der Waals surface area contributed by atoms with Gasteiger partial charge in [-0.05, 0) is 70.2 Å². The average Bonchev–Trinajstić information content (AvgIpc) is 3.20. The van der Waals surface area contributed by atoms with Crippen LogP contribution in [0.5, 0.6) is 5.75 Å². The molecule has 1 aromatic heterocycles. The third-order valence-electron chi connectivity index (χ3n) is 7.56. The Labute approximate surface area is 209 Å². The van der Waals surface area contributed by atoms with Crippen molar-refractivity contribution in [2.45, 2.75) is 77.9 Å². The molecule has 1 aliphatic rings. The van der Waals surface area contributed by atoms with Gasteiger partial charge in [-0.2, -0.15) is 5.10 Å². The summed E-state index contributed by atoms with van der Waals surface area (Å²) in [6.07, 6.45) is 2.45. The first-order valence-electron chi connectivity index (χ1n) is 12.5. The average molecular weight is 475 g/mol. The molecule has 6 heteroatoms. The van der Waals surface area contributed by atoms with E-state index in [0.717, 1.165) is 47.7 Å². The van der Waals surface area contributed by atoms with E-state index in [0.29, 0.717) is 5.56 Å². The molecule has 35 heavy (non-hydrogen) atoms. The molecule has 0 saturated heterocycles. The van der Waals surface area contributed by atoms with Crippen LogP contribution in [-0.4, -0.2) is 22.8 Å². The molecule has 0 fully saturated rings. The highest BCUT2D eigenvalue weighted by atomic mass is 16.5. The lowest BCUT2D eigenvalue weighted by atomic mass is 9.84. The van der Waals surface area contributed by atoms with Crippen molar-refractivity contribution >= 4 is 11.7 Å². The quantitative estimate of drug-likeness (QED) is 0.425. The lowest BCUT2D eigenvalue weighted by molar-refractivity contribution is 0.0889. The summed E-state index contributed by atoms with van der Waals surface area (Å²) >= 11 is 0. The highest BCUT2D eigenvalue weighted by Gasteiger charge is 2.39. The minimum Gasteiger partial charge on any atom is -0.497 e. The van der Waals surface area contributed by atoms with Gasteiger partial charge < -0.3 is 15.4 Å². The van der Waals surface area contributed by atoms with Crippen molar-refractivity contribution in [3.63, 3.8) is 0 Å². The number of carbonyl (C=O) groups excluding carboxylic acids is 1. The number of benzene rings is 2. The number of amides is 1. The summed E-state index contributed by atoms with van der Waals surface area (Å²) in [6.45, 7) is 12.6. The Balaban J connectivity index is 1.70. The van der Waals surface area contributed by atoms with Gasteiger partial charge in [-0.1, -0.05) is 55.8 Å². The number of methoxy groups -OCH3 is 1. The first-order valence-corrected chi connectivity index (χ1v) is 12.5. The van der Waals surface area contributed by atoms with E-state index in [1.165, 1.54) is 5.56 Å². The van der Waals surface area contributed by atoms with E-state index in [1.54, 1.807) is 7.11 Å². The van der Waals surface area contributed by atoms with E-state index in [9.17, 15) is 4.79 Å². The van der Waals surface area contributed by atoms with E-state index in [-0.39, 0.29) is 17.5 Å². The van der Waals surface area contributed by atoms with Crippen LogP contribution in [0.4, 0.5) is 5.82 Å². The molecule has 2 aromatic carbocycles. The van der Waals surface area contributed by atoms with Gasteiger partial charge in [-0.15, -0.1) is 0 Å². The molecule has 0 bridgehead atoms. The molecule has 186 valence electrons. The number of carbonyl (C=O) groups is 1. The fourth-order valence-corrected chi connectivity index (χ4v) is 5.27. The van der Waals surface area contributed by atoms with Crippen LogP contribution >= 0.6 is 0 Å². The largest absolute Gasteiger partial charge is 0.497 e. The van der Waals surface area contributed by atoms with Gasteiger partial charge in [0.05, 0.1) is 29.9 Å². The van der Waals surface area contributed by atoms with Crippen LogP contribution in [-0.2, 0) is 11.1 Å². The molecule has 0 spiro atoms. The second-order valence-electron chi connectivity index (χ2n) is 10.3. The Morgan fingerprint density at radius 1 is 1.11 bits per heavy atom. The van der Waals surface area contributed by atoms with Crippen LogP contribution in [0.1, 0.15) is 85.7 Å². The first-order chi connectivity index (χ1) is 16.6. The molecule has 1 aliphatic heterocycles. The highest BCUT2D eigenvalue weighted by Crippen LogP contribution is 2.41. The molecule has 6 nitrogen and oxygen atoms in total. The highest BCUT2D eigenvalue weighted by molar-refractivity contribution is 6.00. The number of rotatable bonds is 7. The molecule has 2 N–H and O–H groups in total. The standard InChI is InChI=1S/C29H38N4O2/c1-8-29(9-2,22-14-10-19(3)11-15-22)31-27(34)25-20(4)32-33-26(25)30-24(18-28(33,5)6)21-12-16-23(35-7)17-13-21/h10-17,24,30H,8-9,18H2,1-7H3,(H,31,34).